The van der Waals surface area contributed by atoms with E-state index in [4.69, 9.17) is 14.2 Å². The lowest BCUT2D eigenvalue weighted by atomic mass is 10.1. The van der Waals surface area contributed by atoms with E-state index in [0.717, 1.165) is 29.2 Å². The lowest BCUT2D eigenvalue weighted by Gasteiger charge is -2.17. The van der Waals surface area contributed by atoms with Crippen LogP contribution >= 0.6 is 0 Å². The smallest absolute Gasteiger partial charge is 0.345 e. The van der Waals surface area contributed by atoms with Crippen molar-refractivity contribution in [1.29, 1.82) is 0 Å². The minimum atomic E-state index is -1.13. The number of benzene rings is 2. The number of esters is 1. The molecule has 0 unspecified atom stereocenters. The Morgan fingerprint density at radius 3 is 2.25 bits per heavy atom. The monoisotopic (exact) mass is 449 g/mol. The van der Waals surface area contributed by atoms with Gasteiger partial charge in [-0.05, 0) is 24.3 Å². The molecule has 2 amide bonds. The summed E-state index contributed by atoms with van der Waals surface area (Å²) >= 11 is 0. The average Bonchev–Trinajstić information content (AvgIpc) is 2.77. The molecule has 2 aromatic carbocycles. The zero-order valence-electron chi connectivity index (χ0n) is 17.4. The number of nitrogens with zero attached hydrogens (tertiary/aromatic N) is 2. The normalized spacial score (nSPS) is 10.1. The van der Waals surface area contributed by atoms with Crippen LogP contribution in [-0.4, -0.2) is 62.0 Å². The number of nitro groups is 1. The number of nitrogens with one attached hydrogen (secondary N) is 1. The number of nitro benzene ring substituents is 1. The first kappa shape index (κ1) is 24.1. The minimum absolute atomic E-state index is 0.0405. The molecule has 0 saturated carbocycles. The second-order valence-electron chi connectivity index (χ2n) is 6.36. The van der Waals surface area contributed by atoms with Gasteiger partial charge in [0.1, 0.15) is 11.4 Å². The van der Waals surface area contributed by atoms with Crippen LogP contribution in [0.3, 0.4) is 0 Å². The number of hydrogen-bond acceptors (Lipinski definition) is 8. The van der Waals surface area contributed by atoms with Gasteiger partial charge >= 0.3 is 5.97 Å². The fraction of sp³-hybridized carbons (Fsp3) is 0.250. The quantitative estimate of drug-likeness (QED) is 0.349. The van der Waals surface area contributed by atoms with E-state index in [0.29, 0.717) is 5.69 Å². The van der Waals surface area contributed by atoms with E-state index >= 15 is 0 Å². The molecule has 0 bridgehead atoms. The fourth-order valence-electron chi connectivity index (χ4n) is 2.54. The van der Waals surface area contributed by atoms with E-state index in [1.807, 2.05) is 0 Å². The molecule has 0 heterocycles. The standard InChI is InChI=1S/C20H20FN3O8/c1-23(10-18(25)22-13-6-4-12(21)5-7-13)19(26)11-32-20(27)14-8-16(30-2)17(31-3)9-15(14)24(28)29/h4-9H,10-11H2,1-3H3,(H,22,25). The van der Waals surface area contributed by atoms with Crippen molar-refractivity contribution < 1.29 is 37.9 Å². The predicted molar refractivity (Wildman–Crippen MR) is 109 cm³/mol. The molecule has 0 aliphatic heterocycles. The van der Waals surface area contributed by atoms with Crippen LogP contribution < -0.4 is 14.8 Å². The number of methoxy groups -OCH3 is 2. The van der Waals surface area contributed by atoms with Crippen LogP contribution in [0, 0.1) is 15.9 Å². The summed E-state index contributed by atoms with van der Waals surface area (Å²) in [5.74, 6) is -2.78. The first-order valence-electron chi connectivity index (χ1n) is 9.03. The van der Waals surface area contributed by atoms with E-state index < -0.39 is 46.4 Å². The average molecular weight is 449 g/mol. The Labute approximate surface area is 181 Å². The van der Waals surface area contributed by atoms with E-state index in [-0.39, 0.29) is 18.0 Å². The summed E-state index contributed by atoms with van der Waals surface area (Å²) in [6.07, 6.45) is 0. The number of ether oxygens (including phenoxy) is 3. The van der Waals surface area contributed by atoms with Gasteiger partial charge in [0.15, 0.2) is 18.1 Å². The van der Waals surface area contributed by atoms with Gasteiger partial charge in [0, 0.05) is 18.8 Å². The van der Waals surface area contributed by atoms with Crippen molar-refractivity contribution in [3.05, 3.63) is 57.9 Å². The molecule has 0 aromatic heterocycles. The fourth-order valence-corrected chi connectivity index (χ4v) is 2.54. The molecule has 0 saturated heterocycles. The third-order valence-electron chi connectivity index (χ3n) is 4.18. The number of carbonyl (C=O) groups is 3. The number of halogens is 1. The van der Waals surface area contributed by atoms with Crippen molar-refractivity contribution >= 4 is 29.2 Å². The molecule has 11 nitrogen and oxygen atoms in total. The maximum Gasteiger partial charge on any atom is 0.345 e. The van der Waals surface area contributed by atoms with E-state index in [9.17, 15) is 28.9 Å². The Morgan fingerprint density at radius 2 is 1.69 bits per heavy atom. The highest BCUT2D eigenvalue weighted by Gasteiger charge is 2.26. The van der Waals surface area contributed by atoms with Gasteiger partial charge in [-0.25, -0.2) is 9.18 Å². The van der Waals surface area contributed by atoms with Crippen molar-refractivity contribution in [2.75, 3.05) is 39.7 Å². The van der Waals surface area contributed by atoms with Crippen LogP contribution in [0.15, 0.2) is 36.4 Å². The molecule has 0 aliphatic rings. The summed E-state index contributed by atoms with van der Waals surface area (Å²) in [5, 5.41) is 13.8. The summed E-state index contributed by atoms with van der Waals surface area (Å²) in [4.78, 5) is 48.0. The Morgan fingerprint density at radius 1 is 1.09 bits per heavy atom. The zero-order valence-corrected chi connectivity index (χ0v) is 17.4. The van der Waals surface area contributed by atoms with Crippen molar-refractivity contribution in [3.8, 4) is 11.5 Å². The minimum Gasteiger partial charge on any atom is -0.493 e. The van der Waals surface area contributed by atoms with E-state index in [2.05, 4.69) is 5.32 Å². The molecule has 2 aromatic rings. The van der Waals surface area contributed by atoms with Crippen molar-refractivity contribution in [2.45, 2.75) is 0 Å². The van der Waals surface area contributed by atoms with Gasteiger partial charge in [-0.1, -0.05) is 0 Å². The molecule has 0 radical (unpaired) electrons. The van der Waals surface area contributed by atoms with E-state index in [1.165, 1.54) is 33.4 Å². The van der Waals surface area contributed by atoms with Gasteiger partial charge in [-0.3, -0.25) is 19.7 Å². The molecular formula is C20H20FN3O8. The van der Waals surface area contributed by atoms with Gasteiger partial charge in [0.05, 0.1) is 31.8 Å². The van der Waals surface area contributed by atoms with E-state index in [1.54, 1.807) is 0 Å². The number of likely N-dealkylation sites (N-methyl/N-ethyl adjacent to an activating group) is 1. The molecule has 32 heavy (non-hydrogen) atoms. The summed E-state index contributed by atoms with van der Waals surface area (Å²) < 4.78 is 27.8. The number of rotatable bonds is 9. The van der Waals surface area contributed by atoms with Crippen LogP contribution in [0.1, 0.15) is 10.4 Å². The zero-order chi connectivity index (χ0) is 23.8. The van der Waals surface area contributed by atoms with Crippen LogP contribution in [0.4, 0.5) is 15.8 Å². The van der Waals surface area contributed by atoms with Crippen LogP contribution in [0.2, 0.25) is 0 Å². The third-order valence-corrected chi connectivity index (χ3v) is 4.18. The molecule has 170 valence electrons. The molecule has 2 rings (SSSR count). The molecule has 0 spiro atoms. The summed E-state index contributed by atoms with van der Waals surface area (Å²) in [6.45, 7) is -1.13. The maximum absolute atomic E-state index is 12.9. The Bertz CT molecular complexity index is 1030. The van der Waals surface area contributed by atoms with Crippen molar-refractivity contribution in [2.24, 2.45) is 0 Å². The van der Waals surface area contributed by atoms with Gasteiger partial charge in [0.2, 0.25) is 5.91 Å². The van der Waals surface area contributed by atoms with Gasteiger partial charge in [-0.2, -0.15) is 0 Å². The second-order valence-corrected chi connectivity index (χ2v) is 6.36. The Hall–Kier alpha value is -4.22. The molecule has 1 N–H and O–H groups in total. The Balaban J connectivity index is 1.99. The van der Waals surface area contributed by atoms with Crippen LogP contribution in [-0.2, 0) is 14.3 Å². The van der Waals surface area contributed by atoms with Crippen molar-refractivity contribution in [3.63, 3.8) is 0 Å². The summed E-state index contributed by atoms with van der Waals surface area (Å²) in [6, 6.07) is 7.11. The largest absolute Gasteiger partial charge is 0.493 e. The predicted octanol–water partition coefficient (Wildman–Crippen LogP) is 2.00. The molecule has 0 atom stereocenters. The Kier molecular flexibility index (Phi) is 8.04. The number of hydrogen-bond donors (Lipinski definition) is 1. The molecule has 0 fully saturated rings. The number of amides is 2. The summed E-state index contributed by atoms with van der Waals surface area (Å²) in [5.41, 5.74) is -0.686. The lowest BCUT2D eigenvalue weighted by molar-refractivity contribution is -0.385. The number of anilines is 1. The summed E-state index contributed by atoms with van der Waals surface area (Å²) in [7, 11) is 3.87. The highest BCUT2D eigenvalue weighted by atomic mass is 19.1. The maximum atomic E-state index is 12.9. The van der Waals surface area contributed by atoms with Gasteiger partial charge < -0.3 is 24.4 Å². The van der Waals surface area contributed by atoms with Crippen LogP contribution in [0.5, 0.6) is 11.5 Å². The highest BCUT2D eigenvalue weighted by Crippen LogP contribution is 2.34. The lowest BCUT2D eigenvalue weighted by Crippen LogP contribution is -2.37. The van der Waals surface area contributed by atoms with Crippen LogP contribution in [0.25, 0.3) is 0 Å². The number of carbonyl (C=O) groups excluding carboxylic acids is 3. The highest BCUT2D eigenvalue weighted by molar-refractivity contribution is 5.97. The van der Waals surface area contributed by atoms with Crippen molar-refractivity contribution in [1.82, 2.24) is 4.90 Å². The first-order chi connectivity index (χ1) is 15.2. The first-order valence-corrected chi connectivity index (χ1v) is 9.03. The molecule has 0 aliphatic carbocycles. The third kappa shape index (κ3) is 6.14. The van der Waals surface area contributed by atoms with Gasteiger partial charge in [0.25, 0.3) is 11.6 Å². The topological polar surface area (TPSA) is 137 Å². The second kappa shape index (κ2) is 10.7. The molecule has 12 heteroatoms. The SMILES string of the molecule is COc1cc(C(=O)OCC(=O)N(C)CC(=O)Nc2ccc(F)cc2)c([N+](=O)[O-])cc1OC. The molecular weight excluding hydrogens is 429 g/mol. The van der Waals surface area contributed by atoms with Gasteiger partial charge in [-0.15, -0.1) is 0 Å².